The fourth-order valence-electron chi connectivity index (χ4n) is 2.68. The lowest BCUT2D eigenvalue weighted by atomic mass is 10.2. The van der Waals surface area contributed by atoms with Gasteiger partial charge in [0.15, 0.2) is 5.82 Å². The summed E-state index contributed by atoms with van der Waals surface area (Å²) in [6.45, 7) is 2.20. The van der Waals surface area contributed by atoms with Crippen molar-refractivity contribution in [2.75, 3.05) is 5.32 Å². The van der Waals surface area contributed by atoms with Gasteiger partial charge in [0.25, 0.3) is 5.91 Å². The van der Waals surface area contributed by atoms with Gasteiger partial charge >= 0.3 is 0 Å². The van der Waals surface area contributed by atoms with Crippen molar-refractivity contribution in [2.45, 2.75) is 13.5 Å². The average molecular weight is 347 g/mol. The maximum Gasteiger partial charge on any atom is 0.257 e. The van der Waals surface area contributed by atoms with Gasteiger partial charge in [0.2, 0.25) is 0 Å². The van der Waals surface area contributed by atoms with Gasteiger partial charge in [-0.25, -0.2) is 9.97 Å². The molecule has 0 bridgehead atoms. The summed E-state index contributed by atoms with van der Waals surface area (Å²) in [7, 11) is 0. The lowest BCUT2D eigenvalue weighted by Gasteiger charge is -2.07. The van der Waals surface area contributed by atoms with Crippen LogP contribution >= 0.6 is 0 Å². The number of aromatic amines is 1. The summed E-state index contributed by atoms with van der Waals surface area (Å²) in [4.78, 5) is 21.0. The number of rotatable bonds is 4. The van der Waals surface area contributed by atoms with Crippen LogP contribution in [0.2, 0.25) is 0 Å². The molecule has 3 heterocycles. The summed E-state index contributed by atoms with van der Waals surface area (Å²) in [6, 6.07) is 11.0. The monoisotopic (exact) mass is 347 g/mol. The molecule has 26 heavy (non-hydrogen) atoms. The number of fused-ring (bicyclic) bond motifs is 1. The van der Waals surface area contributed by atoms with Crippen LogP contribution in [0.1, 0.15) is 22.0 Å². The Morgan fingerprint density at radius 1 is 1.23 bits per heavy atom. The summed E-state index contributed by atoms with van der Waals surface area (Å²) in [5.74, 6) is 1.85. The van der Waals surface area contributed by atoms with E-state index in [0.29, 0.717) is 29.4 Å². The topological polar surface area (TPSA) is 114 Å². The van der Waals surface area contributed by atoms with Crippen molar-refractivity contribution in [3.05, 3.63) is 66.0 Å². The zero-order chi connectivity index (χ0) is 18.1. The molecule has 1 aromatic carbocycles. The largest absolute Gasteiger partial charge is 0.324 e. The molecule has 8 nitrogen and oxygen atoms in total. The third-order valence-corrected chi connectivity index (χ3v) is 4.10. The average Bonchev–Trinajstić information content (AvgIpc) is 3.29. The van der Waals surface area contributed by atoms with Crippen LogP contribution in [0, 0.1) is 6.92 Å². The molecule has 0 atom stereocenters. The number of nitrogens with two attached hydrogens (primary N) is 1. The summed E-state index contributed by atoms with van der Waals surface area (Å²) >= 11 is 0. The molecule has 0 aliphatic carbocycles. The summed E-state index contributed by atoms with van der Waals surface area (Å²) in [5.41, 5.74) is 8.57. The number of benzene rings is 1. The number of anilines is 1. The SMILES string of the molecule is Cc1ncc2ccc(C(=O)Nc3ccc(-c4n[nH]c(CN)n4)cc3)cn12. The first-order valence-corrected chi connectivity index (χ1v) is 8.11. The van der Waals surface area contributed by atoms with Gasteiger partial charge in [0, 0.05) is 17.4 Å². The molecule has 0 aliphatic heterocycles. The van der Waals surface area contributed by atoms with Crippen molar-refractivity contribution in [3.63, 3.8) is 0 Å². The van der Waals surface area contributed by atoms with Crippen molar-refractivity contribution < 1.29 is 4.79 Å². The second kappa shape index (κ2) is 6.41. The van der Waals surface area contributed by atoms with Gasteiger partial charge < -0.3 is 15.5 Å². The predicted molar refractivity (Wildman–Crippen MR) is 97.6 cm³/mol. The second-order valence-corrected chi connectivity index (χ2v) is 5.86. The maximum atomic E-state index is 12.5. The van der Waals surface area contributed by atoms with Crippen LogP contribution in [-0.2, 0) is 6.54 Å². The molecule has 4 rings (SSSR count). The molecule has 0 saturated carbocycles. The first-order valence-electron chi connectivity index (χ1n) is 8.11. The molecule has 0 aliphatic rings. The zero-order valence-electron chi connectivity index (χ0n) is 14.1. The molecule has 0 radical (unpaired) electrons. The molecule has 3 aromatic heterocycles. The van der Waals surface area contributed by atoms with E-state index in [1.54, 1.807) is 18.5 Å². The highest BCUT2D eigenvalue weighted by Crippen LogP contribution is 2.19. The normalized spacial score (nSPS) is 11.0. The number of aryl methyl sites for hydroxylation is 1. The fourth-order valence-corrected chi connectivity index (χ4v) is 2.68. The lowest BCUT2D eigenvalue weighted by molar-refractivity contribution is 0.102. The molecular formula is C18H17N7O. The molecule has 0 spiro atoms. The molecule has 0 unspecified atom stereocenters. The number of imidazole rings is 1. The van der Waals surface area contributed by atoms with Crippen molar-refractivity contribution in [1.29, 1.82) is 0 Å². The highest BCUT2D eigenvalue weighted by atomic mass is 16.1. The standard InChI is InChI=1S/C18H17N7O/c1-11-20-9-15-7-4-13(10-25(11)15)18(26)21-14-5-2-12(3-6-14)17-22-16(8-19)23-24-17/h2-7,9-10H,8,19H2,1H3,(H,21,26)(H,22,23,24). The second-order valence-electron chi connectivity index (χ2n) is 5.86. The van der Waals surface area contributed by atoms with E-state index in [4.69, 9.17) is 5.73 Å². The van der Waals surface area contributed by atoms with Crippen LogP contribution in [0.5, 0.6) is 0 Å². The van der Waals surface area contributed by atoms with Crippen molar-refractivity contribution >= 4 is 17.1 Å². The van der Waals surface area contributed by atoms with E-state index in [1.807, 2.05) is 41.7 Å². The van der Waals surface area contributed by atoms with E-state index in [9.17, 15) is 4.79 Å². The number of aromatic nitrogens is 5. The number of hydrogen-bond acceptors (Lipinski definition) is 5. The number of nitrogens with zero attached hydrogens (tertiary/aromatic N) is 4. The van der Waals surface area contributed by atoms with Crippen molar-refractivity contribution in [2.24, 2.45) is 5.73 Å². The first-order chi connectivity index (χ1) is 12.6. The van der Waals surface area contributed by atoms with Crippen LogP contribution in [-0.4, -0.2) is 30.5 Å². The van der Waals surface area contributed by atoms with E-state index in [2.05, 4.69) is 25.5 Å². The third-order valence-electron chi connectivity index (χ3n) is 4.10. The zero-order valence-corrected chi connectivity index (χ0v) is 14.1. The Morgan fingerprint density at radius 2 is 2.04 bits per heavy atom. The number of carbonyl (C=O) groups excluding carboxylic acids is 1. The number of nitrogens with one attached hydrogen (secondary N) is 2. The third kappa shape index (κ3) is 2.93. The summed E-state index contributed by atoms with van der Waals surface area (Å²) in [5, 5.41) is 9.78. The van der Waals surface area contributed by atoms with Crippen LogP contribution < -0.4 is 11.1 Å². The minimum atomic E-state index is -0.184. The molecule has 0 fully saturated rings. The number of H-pyrrole nitrogens is 1. The number of carbonyl (C=O) groups is 1. The van der Waals surface area contributed by atoms with Gasteiger partial charge in [-0.05, 0) is 43.3 Å². The van der Waals surface area contributed by atoms with Gasteiger partial charge in [-0.15, -0.1) is 0 Å². The molecule has 8 heteroatoms. The maximum absolute atomic E-state index is 12.5. The minimum Gasteiger partial charge on any atom is -0.324 e. The molecule has 4 aromatic rings. The smallest absolute Gasteiger partial charge is 0.257 e. The van der Waals surface area contributed by atoms with Gasteiger partial charge in [0.1, 0.15) is 11.6 Å². The molecule has 130 valence electrons. The van der Waals surface area contributed by atoms with Gasteiger partial charge in [-0.3, -0.25) is 9.89 Å². The van der Waals surface area contributed by atoms with E-state index in [-0.39, 0.29) is 5.91 Å². The van der Waals surface area contributed by atoms with E-state index >= 15 is 0 Å². The Morgan fingerprint density at radius 3 is 2.77 bits per heavy atom. The Balaban J connectivity index is 1.52. The van der Waals surface area contributed by atoms with Crippen molar-refractivity contribution in [3.8, 4) is 11.4 Å². The van der Waals surface area contributed by atoms with E-state index in [0.717, 1.165) is 16.9 Å². The highest BCUT2D eigenvalue weighted by molar-refractivity contribution is 6.04. The van der Waals surface area contributed by atoms with E-state index in [1.165, 1.54) is 0 Å². The molecule has 1 amide bonds. The quantitative estimate of drug-likeness (QED) is 0.523. The van der Waals surface area contributed by atoms with Crippen molar-refractivity contribution in [1.82, 2.24) is 24.6 Å². The van der Waals surface area contributed by atoms with Crippen LogP contribution in [0.15, 0.2) is 48.8 Å². The highest BCUT2D eigenvalue weighted by Gasteiger charge is 2.10. The molecule has 4 N–H and O–H groups in total. The molecular weight excluding hydrogens is 330 g/mol. The Hall–Kier alpha value is -3.52. The molecule has 0 saturated heterocycles. The Bertz CT molecular complexity index is 1080. The fraction of sp³-hybridized carbons (Fsp3) is 0.111. The number of amides is 1. The number of pyridine rings is 1. The van der Waals surface area contributed by atoms with Gasteiger partial charge in [0.05, 0.1) is 23.8 Å². The summed E-state index contributed by atoms with van der Waals surface area (Å²) in [6.07, 6.45) is 3.55. The van der Waals surface area contributed by atoms with Crippen LogP contribution in [0.25, 0.3) is 16.9 Å². The number of hydrogen-bond donors (Lipinski definition) is 3. The minimum absolute atomic E-state index is 0.184. The van der Waals surface area contributed by atoms with E-state index < -0.39 is 0 Å². The first kappa shape index (κ1) is 16.0. The Labute approximate surface area is 149 Å². The Kier molecular flexibility index (Phi) is 3.94. The van der Waals surface area contributed by atoms with Gasteiger partial charge in [-0.1, -0.05) is 0 Å². The van der Waals surface area contributed by atoms with Gasteiger partial charge in [-0.2, -0.15) is 5.10 Å². The predicted octanol–water partition coefficient (Wildman–Crippen LogP) is 2.14. The van der Waals surface area contributed by atoms with Crippen LogP contribution in [0.4, 0.5) is 5.69 Å². The summed E-state index contributed by atoms with van der Waals surface area (Å²) < 4.78 is 1.89. The lowest BCUT2D eigenvalue weighted by Crippen LogP contribution is -2.12. The van der Waals surface area contributed by atoms with Crippen LogP contribution in [0.3, 0.4) is 0 Å².